The second-order valence-corrected chi connectivity index (χ2v) is 6.28. The van der Waals surface area contributed by atoms with Crippen LogP contribution in [0.4, 0.5) is 0 Å². The number of carbonyl (C=O) groups excluding carboxylic acids is 1. The van der Waals surface area contributed by atoms with E-state index in [0.717, 1.165) is 64.6 Å². The van der Waals surface area contributed by atoms with Gasteiger partial charge in [-0.1, -0.05) is 0 Å². The highest BCUT2D eigenvalue weighted by atomic mass is 16.3. The average molecular weight is 283 g/mol. The molecule has 1 unspecified atom stereocenters. The summed E-state index contributed by atoms with van der Waals surface area (Å²) >= 11 is 0. The van der Waals surface area contributed by atoms with Crippen LogP contribution >= 0.6 is 0 Å². The Hall–Kier alpha value is -0.650. The molecule has 2 N–H and O–H groups in total. The van der Waals surface area contributed by atoms with Gasteiger partial charge in [0, 0.05) is 32.6 Å². The number of β-amino-alcohol motifs (C(OH)–C–C–N with tert-alkyl or cyclic N) is 1. The zero-order chi connectivity index (χ0) is 14.4. The second-order valence-electron chi connectivity index (χ2n) is 6.28. The number of piperidine rings is 1. The van der Waals surface area contributed by atoms with E-state index in [-0.39, 0.29) is 6.10 Å². The van der Waals surface area contributed by atoms with Crippen LogP contribution in [-0.2, 0) is 4.79 Å². The quantitative estimate of drug-likeness (QED) is 0.660. The molecular formula is C15H29N3O2. The van der Waals surface area contributed by atoms with Crippen molar-refractivity contribution in [1.82, 2.24) is 15.1 Å². The molecule has 116 valence electrons. The van der Waals surface area contributed by atoms with Crippen LogP contribution in [0.5, 0.6) is 0 Å². The predicted molar refractivity (Wildman–Crippen MR) is 79.5 cm³/mol. The lowest BCUT2D eigenvalue weighted by Gasteiger charge is -2.32. The first-order valence-electron chi connectivity index (χ1n) is 8.04. The summed E-state index contributed by atoms with van der Waals surface area (Å²) in [4.78, 5) is 15.8. The van der Waals surface area contributed by atoms with Gasteiger partial charge in [-0.2, -0.15) is 0 Å². The molecule has 0 spiro atoms. The number of aliphatic hydroxyl groups excluding tert-OH is 1. The maximum Gasteiger partial charge on any atom is 0.222 e. The molecule has 0 saturated carbocycles. The van der Waals surface area contributed by atoms with Crippen LogP contribution in [0.3, 0.4) is 0 Å². The van der Waals surface area contributed by atoms with Gasteiger partial charge in [0.2, 0.25) is 5.91 Å². The lowest BCUT2D eigenvalue weighted by atomic mass is 9.96. The predicted octanol–water partition coefficient (Wildman–Crippen LogP) is 0.291. The Kier molecular flexibility index (Phi) is 6.26. The van der Waals surface area contributed by atoms with E-state index in [0.29, 0.717) is 5.91 Å². The summed E-state index contributed by atoms with van der Waals surface area (Å²) in [6.07, 6.45) is 3.97. The van der Waals surface area contributed by atoms with Crippen LogP contribution in [0.15, 0.2) is 0 Å². The van der Waals surface area contributed by atoms with Gasteiger partial charge in [-0.25, -0.2) is 0 Å². The Morgan fingerprint density at radius 1 is 1.35 bits per heavy atom. The van der Waals surface area contributed by atoms with Gasteiger partial charge in [0.25, 0.3) is 0 Å². The molecule has 2 rings (SSSR count). The number of hydrogen-bond acceptors (Lipinski definition) is 4. The number of aliphatic hydroxyl groups is 1. The molecule has 5 nitrogen and oxygen atoms in total. The highest BCUT2D eigenvalue weighted by Crippen LogP contribution is 2.16. The molecule has 2 saturated heterocycles. The Morgan fingerprint density at radius 3 is 2.70 bits per heavy atom. The summed E-state index contributed by atoms with van der Waals surface area (Å²) in [5.41, 5.74) is 0. The van der Waals surface area contributed by atoms with Gasteiger partial charge in [-0.15, -0.1) is 0 Å². The van der Waals surface area contributed by atoms with E-state index in [1.54, 1.807) is 0 Å². The molecule has 5 heteroatoms. The molecule has 20 heavy (non-hydrogen) atoms. The van der Waals surface area contributed by atoms with Crippen molar-refractivity contribution in [3.8, 4) is 0 Å². The van der Waals surface area contributed by atoms with E-state index in [4.69, 9.17) is 0 Å². The van der Waals surface area contributed by atoms with Crippen LogP contribution < -0.4 is 5.32 Å². The van der Waals surface area contributed by atoms with Crippen molar-refractivity contribution in [2.24, 2.45) is 5.92 Å². The minimum Gasteiger partial charge on any atom is -0.392 e. The fraction of sp³-hybridized carbons (Fsp3) is 0.933. The lowest BCUT2D eigenvalue weighted by molar-refractivity contribution is -0.127. The van der Waals surface area contributed by atoms with Crippen molar-refractivity contribution < 1.29 is 9.90 Å². The van der Waals surface area contributed by atoms with Crippen molar-refractivity contribution in [2.75, 3.05) is 45.8 Å². The Labute approximate surface area is 122 Å². The van der Waals surface area contributed by atoms with E-state index >= 15 is 0 Å². The zero-order valence-corrected chi connectivity index (χ0v) is 12.7. The third-order valence-corrected chi connectivity index (χ3v) is 4.39. The third-order valence-electron chi connectivity index (χ3n) is 4.39. The maximum atomic E-state index is 11.5. The van der Waals surface area contributed by atoms with E-state index < -0.39 is 0 Å². The molecule has 0 aromatic heterocycles. The smallest absolute Gasteiger partial charge is 0.222 e. The molecule has 0 radical (unpaired) electrons. The molecule has 0 aromatic carbocycles. The molecule has 1 atom stereocenters. The molecule has 2 aliphatic heterocycles. The number of nitrogens with one attached hydrogen (secondary N) is 1. The number of rotatable bonds is 7. The van der Waals surface area contributed by atoms with E-state index in [2.05, 4.69) is 10.2 Å². The summed E-state index contributed by atoms with van der Waals surface area (Å²) < 4.78 is 0. The standard InChI is InChI=1S/C15H29N3O2/c1-13(19)12-17-8-4-14(5-9-17)11-16-6-10-18-7-2-3-15(18)20/h13-14,16,19H,2-12H2,1H3. The molecule has 1 amide bonds. The molecule has 0 aromatic rings. The third kappa shape index (κ3) is 5.04. The second kappa shape index (κ2) is 7.96. The van der Waals surface area contributed by atoms with Crippen molar-refractivity contribution in [3.63, 3.8) is 0 Å². The Bertz CT molecular complexity index is 301. The minimum atomic E-state index is -0.220. The van der Waals surface area contributed by atoms with Crippen molar-refractivity contribution >= 4 is 5.91 Å². The largest absolute Gasteiger partial charge is 0.392 e. The molecular weight excluding hydrogens is 254 g/mol. The van der Waals surface area contributed by atoms with Crippen molar-refractivity contribution in [3.05, 3.63) is 0 Å². The topological polar surface area (TPSA) is 55.8 Å². The van der Waals surface area contributed by atoms with Crippen molar-refractivity contribution in [1.29, 1.82) is 0 Å². The molecule has 2 aliphatic rings. The van der Waals surface area contributed by atoms with Crippen LogP contribution in [0, 0.1) is 5.92 Å². The van der Waals surface area contributed by atoms with Gasteiger partial charge in [0.1, 0.15) is 0 Å². The average Bonchev–Trinajstić information content (AvgIpc) is 2.82. The first-order valence-corrected chi connectivity index (χ1v) is 8.04. The summed E-state index contributed by atoms with van der Waals surface area (Å²) in [6, 6.07) is 0. The minimum absolute atomic E-state index is 0.220. The first-order chi connectivity index (χ1) is 9.65. The van der Waals surface area contributed by atoms with E-state index in [1.807, 2.05) is 11.8 Å². The number of likely N-dealkylation sites (tertiary alicyclic amines) is 2. The van der Waals surface area contributed by atoms with Crippen LogP contribution in [0.1, 0.15) is 32.6 Å². The van der Waals surface area contributed by atoms with Crippen LogP contribution in [-0.4, -0.2) is 72.7 Å². The lowest BCUT2D eigenvalue weighted by Crippen LogP contribution is -2.41. The summed E-state index contributed by atoms with van der Waals surface area (Å²) in [5, 5.41) is 12.9. The van der Waals surface area contributed by atoms with Gasteiger partial charge in [0.05, 0.1) is 6.10 Å². The van der Waals surface area contributed by atoms with Gasteiger partial charge in [-0.05, 0) is 51.7 Å². The van der Waals surface area contributed by atoms with Gasteiger partial charge in [-0.3, -0.25) is 4.79 Å². The molecule has 2 fully saturated rings. The maximum absolute atomic E-state index is 11.5. The highest BCUT2D eigenvalue weighted by Gasteiger charge is 2.21. The molecule has 0 bridgehead atoms. The molecule has 2 heterocycles. The van der Waals surface area contributed by atoms with Gasteiger partial charge >= 0.3 is 0 Å². The highest BCUT2D eigenvalue weighted by molar-refractivity contribution is 5.78. The number of hydrogen-bond donors (Lipinski definition) is 2. The van der Waals surface area contributed by atoms with E-state index in [1.165, 1.54) is 12.8 Å². The first kappa shape index (κ1) is 15.7. The summed E-state index contributed by atoms with van der Waals surface area (Å²) in [5.74, 6) is 1.06. The fourth-order valence-electron chi connectivity index (χ4n) is 3.21. The monoisotopic (exact) mass is 283 g/mol. The van der Waals surface area contributed by atoms with E-state index in [9.17, 15) is 9.90 Å². The summed E-state index contributed by atoms with van der Waals surface area (Å²) in [7, 11) is 0. The summed E-state index contributed by atoms with van der Waals surface area (Å²) in [6.45, 7) is 8.64. The Morgan fingerprint density at radius 2 is 2.10 bits per heavy atom. The number of nitrogens with zero attached hydrogens (tertiary/aromatic N) is 2. The SMILES string of the molecule is CC(O)CN1CCC(CNCCN2CCCC2=O)CC1. The van der Waals surface area contributed by atoms with Crippen molar-refractivity contribution in [2.45, 2.75) is 38.7 Å². The van der Waals surface area contributed by atoms with Crippen LogP contribution in [0.25, 0.3) is 0 Å². The Balaban J connectivity index is 1.52. The number of amides is 1. The number of carbonyl (C=O) groups is 1. The van der Waals surface area contributed by atoms with Crippen LogP contribution in [0.2, 0.25) is 0 Å². The normalized spacial score (nSPS) is 23.5. The van der Waals surface area contributed by atoms with Gasteiger partial charge < -0.3 is 20.2 Å². The fourth-order valence-corrected chi connectivity index (χ4v) is 3.21. The molecule has 0 aliphatic carbocycles. The zero-order valence-electron chi connectivity index (χ0n) is 12.7. The van der Waals surface area contributed by atoms with Gasteiger partial charge in [0.15, 0.2) is 0 Å².